The number of nitrogens with one attached hydrogen (secondary N) is 2. The van der Waals surface area contributed by atoms with Gasteiger partial charge in [-0.2, -0.15) is 0 Å². The number of rotatable bonds is 10. The number of hydrogen-bond acceptors (Lipinski definition) is 5. The first kappa shape index (κ1) is 31.0. The van der Waals surface area contributed by atoms with Gasteiger partial charge in [0, 0.05) is 67.3 Å². The number of pyridine rings is 1. The van der Waals surface area contributed by atoms with Crippen LogP contribution in [0.5, 0.6) is 0 Å². The van der Waals surface area contributed by atoms with Crippen molar-refractivity contribution in [1.29, 1.82) is 0 Å². The van der Waals surface area contributed by atoms with E-state index >= 15 is 0 Å². The Labute approximate surface area is 257 Å². The molecule has 7 heteroatoms. The number of aryl methyl sites for hydroxylation is 2. The molecule has 1 amide bonds. The molecule has 2 aromatic carbocycles. The van der Waals surface area contributed by atoms with Crippen LogP contribution in [0.3, 0.4) is 0 Å². The van der Waals surface area contributed by atoms with Crippen molar-refractivity contribution in [2.75, 3.05) is 38.6 Å². The fourth-order valence-corrected chi connectivity index (χ4v) is 6.85. The Morgan fingerprint density at radius 1 is 0.930 bits per heavy atom. The van der Waals surface area contributed by atoms with Crippen molar-refractivity contribution in [2.45, 2.75) is 85.0 Å². The Morgan fingerprint density at radius 3 is 2.19 bits per heavy atom. The first-order valence-electron chi connectivity index (χ1n) is 16.0. The smallest absolute Gasteiger partial charge is 0.253 e. The van der Waals surface area contributed by atoms with Gasteiger partial charge < -0.3 is 25.0 Å². The molecule has 2 fully saturated rings. The molecule has 0 bridgehead atoms. The van der Waals surface area contributed by atoms with Crippen LogP contribution in [0.15, 0.2) is 47.3 Å². The fourth-order valence-electron chi connectivity index (χ4n) is 6.85. The lowest BCUT2D eigenvalue weighted by Crippen LogP contribution is -2.42. The molecule has 5 rings (SSSR count). The van der Waals surface area contributed by atoms with E-state index in [1.54, 1.807) is 0 Å². The Kier molecular flexibility index (Phi) is 9.72. The number of benzene rings is 2. The van der Waals surface area contributed by atoms with E-state index in [2.05, 4.69) is 72.3 Å². The zero-order valence-electron chi connectivity index (χ0n) is 26.9. The fraction of sp³-hybridized carbons (Fsp3) is 0.500. The Balaban J connectivity index is 1.44. The summed E-state index contributed by atoms with van der Waals surface area (Å²) in [4.78, 5) is 35.3. The number of hydrogen-bond donors (Lipinski definition) is 2. The highest BCUT2D eigenvalue weighted by Crippen LogP contribution is 2.36. The quantitative estimate of drug-likeness (QED) is 0.316. The highest BCUT2D eigenvalue weighted by Gasteiger charge is 2.28. The van der Waals surface area contributed by atoms with Crippen molar-refractivity contribution in [3.63, 3.8) is 0 Å². The Bertz CT molecular complexity index is 1480. The summed E-state index contributed by atoms with van der Waals surface area (Å²) in [7, 11) is 4.40. The lowest BCUT2D eigenvalue weighted by molar-refractivity contribution is 0.0652. The maximum absolute atomic E-state index is 12.8. The van der Waals surface area contributed by atoms with E-state index in [-0.39, 0.29) is 11.5 Å². The topological polar surface area (TPSA) is 71.7 Å². The van der Waals surface area contributed by atoms with Crippen molar-refractivity contribution < 1.29 is 4.79 Å². The number of likely N-dealkylation sites (tertiary alicyclic amines) is 1. The molecule has 2 aliphatic rings. The molecule has 0 atom stereocenters. The third-order valence-corrected chi connectivity index (χ3v) is 9.69. The van der Waals surface area contributed by atoms with Crippen molar-refractivity contribution in [1.82, 2.24) is 20.1 Å². The van der Waals surface area contributed by atoms with E-state index in [1.807, 2.05) is 36.9 Å². The van der Waals surface area contributed by atoms with E-state index < -0.39 is 0 Å². The molecule has 3 aromatic rings. The zero-order chi connectivity index (χ0) is 30.7. The molecule has 0 unspecified atom stereocenters. The van der Waals surface area contributed by atoms with Crippen molar-refractivity contribution in [2.24, 2.45) is 0 Å². The first-order valence-corrected chi connectivity index (χ1v) is 16.0. The second-order valence-corrected chi connectivity index (χ2v) is 12.8. The highest BCUT2D eigenvalue weighted by atomic mass is 16.2. The summed E-state index contributed by atoms with van der Waals surface area (Å²) in [6.45, 7) is 12.3. The van der Waals surface area contributed by atoms with Gasteiger partial charge in [-0.25, -0.2) is 0 Å². The van der Waals surface area contributed by atoms with Crippen LogP contribution in [0.2, 0.25) is 0 Å². The summed E-state index contributed by atoms with van der Waals surface area (Å²) < 4.78 is 0. The van der Waals surface area contributed by atoms with Crippen LogP contribution in [0.4, 0.5) is 5.69 Å². The van der Waals surface area contributed by atoms with Gasteiger partial charge in [0.25, 0.3) is 11.5 Å². The number of nitrogens with zero attached hydrogens (tertiary/aromatic N) is 3. The molecule has 43 heavy (non-hydrogen) atoms. The van der Waals surface area contributed by atoms with E-state index in [9.17, 15) is 9.59 Å². The molecular formula is C36H49N5O2. The number of carbonyl (C=O) groups excluding carboxylic acids is 1. The van der Waals surface area contributed by atoms with Gasteiger partial charge in [-0.05, 0) is 132 Å². The Hall–Kier alpha value is -3.42. The van der Waals surface area contributed by atoms with Gasteiger partial charge >= 0.3 is 0 Å². The minimum Gasteiger partial charge on any atom is -0.369 e. The third kappa shape index (κ3) is 6.89. The molecule has 1 aromatic heterocycles. The van der Waals surface area contributed by atoms with Gasteiger partial charge in [0.2, 0.25) is 0 Å². The van der Waals surface area contributed by atoms with Crippen LogP contribution in [0, 0.1) is 20.8 Å². The highest BCUT2D eigenvalue weighted by molar-refractivity contribution is 5.95. The molecule has 1 saturated heterocycles. The van der Waals surface area contributed by atoms with E-state index in [0.29, 0.717) is 25.2 Å². The number of anilines is 1. The predicted octanol–water partition coefficient (Wildman–Crippen LogP) is 5.80. The first-order chi connectivity index (χ1) is 20.7. The minimum atomic E-state index is -0.0190. The van der Waals surface area contributed by atoms with E-state index in [1.165, 1.54) is 42.5 Å². The van der Waals surface area contributed by atoms with Crippen molar-refractivity contribution in [3.05, 3.63) is 86.3 Å². The lowest BCUT2D eigenvalue weighted by atomic mass is 9.88. The molecule has 1 aliphatic carbocycles. The zero-order valence-corrected chi connectivity index (χ0v) is 26.9. The molecular weight excluding hydrogens is 534 g/mol. The van der Waals surface area contributed by atoms with Crippen LogP contribution >= 0.6 is 0 Å². The monoisotopic (exact) mass is 583 g/mol. The number of H-pyrrole nitrogens is 1. The van der Waals surface area contributed by atoms with Crippen LogP contribution in [0.1, 0.15) is 77.3 Å². The van der Waals surface area contributed by atoms with Gasteiger partial charge in [-0.3, -0.25) is 9.59 Å². The van der Waals surface area contributed by atoms with Gasteiger partial charge in [0.05, 0.1) is 0 Å². The maximum atomic E-state index is 12.8. The van der Waals surface area contributed by atoms with Crippen molar-refractivity contribution in [3.8, 4) is 11.1 Å². The summed E-state index contributed by atoms with van der Waals surface area (Å²) in [5.41, 5.74) is 9.49. The van der Waals surface area contributed by atoms with Crippen LogP contribution < -0.4 is 15.8 Å². The van der Waals surface area contributed by atoms with Gasteiger partial charge in [0.1, 0.15) is 0 Å². The largest absolute Gasteiger partial charge is 0.369 e. The van der Waals surface area contributed by atoms with Crippen molar-refractivity contribution >= 4 is 11.6 Å². The molecule has 2 N–H and O–H groups in total. The summed E-state index contributed by atoms with van der Waals surface area (Å²) in [5.74, 6) is 0.124. The third-order valence-electron chi connectivity index (χ3n) is 9.69. The minimum absolute atomic E-state index is 0.0190. The van der Waals surface area contributed by atoms with Gasteiger partial charge in [-0.15, -0.1) is 0 Å². The van der Waals surface area contributed by atoms with E-state index in [0.717, 1.165) is 59.6 Å². The summed E-state index contributed by atoms with van der Waals surface area (Å²) in [5, 5.41) is 3.58. The molecule has 2 heterocycles. The normalized spacial score (nSPS) is 18.5. The summed E-state index contributed by atoms with van der Waals surface area (Å²) in [6, 6.07) is 16.0. The average molecular weight is 584 g/mol. The molecule has 230 valence electrons. The van der Waals surface area contributed by atoms with Crippen LogP contribution in [0.25, 0.3) is 11.1 Å². The second-order valence-electron chi connectivity index (χ2n) is 12.8. The molecule has 0 spiro atoms. The lowest BCUT2D eigenvalue weighted by Gasteiger charge is -2.40. The molecule has 7 nitrogen and oxygen atoms in total. The standard InChI is InChI=1S/C36H49N5O2/c1-7-41(32-15-13-31(14-16-32)39(5)6)34-21-29(27-9-11-28(12-10-27)36(43)40-17-8-18-40)20-30(26(34)4)22-37-23-33-24(2)19-25(3)38-35(33)42/h9-12,19-21,31-32,37H,7-8,13-18,22-23H2,1-6H3,(H,38,42). The van der Waals surface area contributed by atoms with Crippen LogP contribution in [-0.4, -0.2) is 66.5 Å². The Morgan fingerprint density at radius 2 is 1.60 bits per heavy atom. The number of amides is 1. The average Bonchev–Trinajstić information content (AvgIpc) is 2.95. The van der Waals surface area contributed by atoms with E-state index in [4.69, 9.17) is 0 Å². The van der Waals surface area contributed by atoms with Gasteiger partial charge in [-0.1, -0.05) is 12.1 Å². The predicted molar refractivity (Wildman–Crippen MR) is 177 cm³/mol. The number of aromatic nitrogens is 1. The van der Waals surface area contributed by atoms with Crippen LogP contribution in [-0.2, 0) is 13.1 Å². The summed E-state index contributed by atoms with van der Waals surface area (Å²) in [6.07, 6.45) is 5.92. The molecule has 1 aliphatic heterocycles. The maximum Gasteiger partial charge on any atom is 0.253 e. The van der Waals surface area contributed by atoms with Gasteiger partial charge in [0.15, 0.2) is 0 Å². The molecule has 0 radical (unpaired) electrons. The number of aromatic amines is 1. The SMILES string of the molecule is CCN(c1cc(-c2ccc(C(=O)N3CCC3)cc2)cc(CNCc2c(C)cc(C)[nH]c2=O)c1C)C1CCC(N(C)C)CC1. The number of carbonyl (C=O) groups is 1. The molecule has 1 saturated carbocycles. The summed E-state index contributed by atoms with van der Waals surface area (Å²) >= 11 is 0. The second kappa shape index (κ2) is 13.5.